The van der Waals surface area contributed by atoms with E-state index >= 15 is 0 Å². The summed E-state index contributed by atoms with van der Waals surface area (Å²) < 4.78 is 0. The average molecular weight is 329 g/mol. The first kappa shape index (κ1) is 15.8. The third-order valence-electron chi connectivity index (χ3n) is 6.01. The van der Waals surface area contributed by atoms with Gasteiger partial charge in [-0.2, -0.15) is 0 Å². The predicted molar refractivity (Wildman–Crippen MR) is 91.3 cm³/mol. The number of aromatic nitrogens is 2. The van der Waals surface area contributed by atoms with E-state index in [2.05, 4.69) is 27.2 Å². The van der Waals surface area contributed by atoms with Crippen LogP contribution in [0.3, 0.4) is 0 Å². The van der Waals surface area contributed by atoms with Crippen LogP contribution >= 0.6 is 0 Å². The van der Waals surface area contributed by atoms with Crippen molar-refractivity contribution >= 4 is 6.03 Å². The summed E-state index contributed by atoms with van der Waals surface area (Å²) in [6.07, 6.45) is 9.92. The largest absolute Gasteiger partial charge is 0.337 e. The van der Waals surface area contributed by atoms with Crippen molar-refractivity contribution in [1.82, 2.24) is 25.1 Å². The molecule has 2 amide bonds. The molecule has 6 heteroatoms. The Morgan fingerprint density at radius 3 is 2.75 bits per heavy atom. The second-order valence-corrected chi connectivity index (χ2v) is 7.76. The van der Waals surface area contributed by atoms with Gasteiger partial charge in [0.2, 0.25) is 0 Å². The fourth-order valence-electron chi connectivity index (χ4n) is 4.00. The van der Waals surface area contributed by atoms with Crippen molar-refractivity contribution in [1.29, 1.82) is 0 Å². The van der Waals surface area contributed by atoms with Crippen LogP contribution in [0, 0.1) is 11.3 Å². The third-order valence-corrected chi connectivity index (χ3v) is 6.01. The molecule has 3 aliphatic rings. The number of urea groups is 1. The molecule has 24 heavy (non-hydrogen) atoms. The molecule has 0 bridgehead atoms. The minimum Gasteiger partial charge on any atom is -0.337 e. The van der Waals surface area contributed by atoms with Gasteiger partial charge in [-0.25, -0.2) is 14.8 Å². The lowest BCUT2D eigenvalue weighted by molar-refractivity contribution is 0.193. The van der Waals surface area contributed by atoms with Crippen molar-refractivity contribution < 1.29 is 4.79 Å². The van der Waals surface area contributed by atoms with Gasteiger partial charge in [-0.1, -0.05) is 0 Å². The minimum absolute atomic E-state index is 0.119. The molecular formula is C18H27N5O. The molecule has 130 valence electrons. The van der Waals surface area contributed by atoms with E-state index in [4.69, 9.17) is 0 Å². The Labute approximate surface area is 143 Å². The maximum Gasteiger partial charge on any atom is 0.317 e. The first-order valence-electron chi connectivity index (χ1n) is 9.15. The van der Waals surface area contributed by atoms with E-state index in [9.17, 15) is 4.79 Å². The van der Waals surface area contributed by atoms with Crippen LogP contribution in [0.4, 0.5) is 4.79 Å². The van der Waals surface area contributed by atoms with Crippen molar-refractivity contribution in [3.63, 3.8) is 0 Å². The lowest BCUT2D eigenvalue weighted by Crippen LogP contribution is -2.43. The van der Waals surface area contributed by atoms with Crippen LogP contribution < -0.4 is 5.32 Å². The van der Waals surface area contributed by atoms with Crippen molar-refractivity contribution in [3.8, 4) is 0 Å². The zero-order valence-corrected chi connectivity index (χ0v) is 14.4. The highest BCUT2D eigenvalue weighted by Gasteiger charge is 2.53. The van der Waals surface area contributed by atoms with E-state index in [0.717, 1.165) is 44.3 Å². The first-order valence-corrected chi connectivity index (χ1v) is 9.15. The van der Waals surface area contributed by atoms with E-state index in [1.807, 2.05) is 11.0 Å². The lowest BCUT2D eigenvalue weighted by Gasteiger charge is -2.24. The van der Waals surface area contributed by atoms with Gasteiger partial charge >= 0.3 is 6.03 Å². The number of amides is 2. The molecule has 1 unspecified atom stereocenters. The lowest BCUT2D eigenvalue weighted by atomic mass is 10.0. The van der Waals surface area contributed by atoms with Crippen molar-refractivity contribution in [3.05, 3.63) is 24.3 Å². The Morgan fingerprint density at radius 2 is 2.08 bits per heavy atom. The summed E-state index contributed by atoms with van der Waals surface area (Å²) in [6, 6.07) is 2.34. The number of carbonyl (C=O) groups excluding carboxylic acids is 1. The Morgan fingerprint density at radius 1 is 1.33 bits per heavy atom. The fourth-order valence-corrected chi connectivity index (χ4v) is 4.00. The number of nitrogens with zero attached hydrogens (tertiary/aromatic N) is 4. The van der Waals surface area contributed by atoms with Crippen LogP contribution in [0.2, 0.25) is 0 Å². The summed E-state index contributed by atoms with van der Waals surface area (Å²) in [4.78, 5) is 25.3. The molecule has 1 saturated heterocycles. The fraction of sp³-hybridized carbons (Fsp3) is 0.722. The van der Waals surface area contributed by atoms with Crippen molar-refractivity contribution in [2.45, 2.75) is 44.7 Å². The molecule has 2 heterocycles. The highest BCUT2D eigenvalue weighted by Crippen LogP contribution is 2.60. The van der Waals surface area contributed by atoms with Crippen LogP contribution in [-0.4, -0.2) is 58.5 Å². The summed E-state index contributed by atoms with van der Waals surface area (Å²) in [7, 11) is 2.09. The SMILES string of the molecule is CN(Cc1ncccn1)C1CCN(C(=O)NCC2(C3CC3)CC2)C1. The number of rotatable bonds is 6. The standard InChI is InChI=1S/C18H27N5O/c1-22(12-16-19-8-2-9-20-16)15-5-10-23(11-15)17(24)21-13-18(6-7-18)14-3-4-14/h2,8-9,14-15H,3-7,10-13H2,1H3,(H,21,24). The van der Waals surface area contributed by atoms with Crippen LogP contribution in [-0.2, 0) is 6.54 Å². The van der Waals surface area contributed by atoms with Gasteiger partial charge < -0.3 is 10.2 Å². The molecule has 2 aliphatic carbocycles. The molecular weight excluding hydrogens is 302 g/mol. The van der Waals surface area contributed by atoms with Crippen LogP contribution in [0.25, 0.3) is 0 Å². The summed E-state index contributed by atoms with van der Waals surface area (Å²) in [6.45, 7) is 3.25. The van der Waals surface area contributed by atoms with Crippen LogP contribution in [0.15, 0.2) is 18.5 Å². The Balaban J connectivity index is 1.24. The van der Waals surface area contributed by atoms with Gasteiger partial charge in [-0.05, 0) is 56.6 Å². The number of likely N-dealkylation sites (tertiary alicyclic amines) is 1. The number of nitrogens with one attached hydrogen (secondary N) is 1. The molecule has 4 rings (SSSR count). The Bertz CT molecular complexity index is 584. The zero-order chi connectivity index (χ0) is 16.6. The molecule has 2 saturated carbocycles. The smallest absolute Gasteiger partial charge is 0.317 e. The first-order chi connectivity index (χ1) is 11.7. The average Bonchev–Trinajstić information content (AvgIpc) is 3.51. The third kappa shape index (κ3) is 3.38. The quantitative estimate of drug-likeness (QED) is 0.866. The zero-order valence-electron chi connectivity index (χ0n) is 14.4. The van der Waals surface area contributed by atoms with Gasteiger partial charge in [0.15, 0.2) is 0 Å². The number of hydrogen-bond donors (Lipinski definition) is 1. The number of carbonyl (C=O) groups is 1. The summed E-state index contributed by atoms with van der Waals surface area (Å²) >= 11 is 0. The molecule has 1 aromatic rings. The monoisotopic (exact) mass is 329 g/mol. The molecule has 1 aliphatic heterocycles. The van der Waals surface area contributed by atoms with E-state index in [1.165, 1.54) is 25.7 Å². The second-order valence-electron chi connectivity index (χ2n) is 7.76. The summed E-state index contributed by atoms with van der Waals surface area (Å²) in [5, 5.41) is 3.20. The van der Waals surface area contributed by atoms with Crippen molar-refractivity contribution in [2.24, 2.45) is 11.3 Å². The van der Waals surface area contributed by atoms with Crippen LogP contribution in [0.1, 0.15) is 37.9 Å². The Kier molecular flexibility index (Phi) is 4.16. The molecule has 0 radical (unpaired) electrons. The van der Waals surface area contributed by atoms with Gasteiger partial charge in [0, 0.05) is 38.1 Å². The van der Waals surface area contributed by atoms with Crippen molar-refractivity contribution in [2.75, 3.05) is 26.7 Å². The molecule has 1 atom stereocenters. The summed E-state index contributed by atoms with van der Waals surface area (Å²) in [5.74, 6) is 1.73. The predicted octanol–water partition coefficient (Wildman–Crippen LogP) is 1.88. The Hall–Kier alpha value is -1.69. The molecule has 0 spiro atoms. The second kappa shape index (κ2) is 6.31. The van der Waals surface area contributed by atoms with E-state index in [1.54, 1.807) is 12.4 Å². The summed E-state index contributed by atoms with van der Waals surface area (Å²) in [5.41, 5.74) is 0.468. The van der Waals surface area contributed by atoms with E-state index in [0.29, 0.717) is 11.5 Å². The van der Waals surface area contributed by atoms with Gasteiger partial charge in [-0.15, -0.1) is 0 Å². The molecule has 0 aromatic carbocycles. The molecule has 3 fully saturated rings. The van der Waals surface area contributed by atoms with Gasteiger partial charge in [-0.3, -0.25) is 4.90 Å². The maximum atomic E-state index is 12.5. The van der Waals surface area contributed by atoms with Gasteiger partial charge in [0.1, 0.15) is 5.82 Å². The minimum atomic E-state index is 0.119. The van der Waals surface area contributed by atoms with Crippen LogP contribution in [0.5, 0.6) is 0 Å². The maximum absolute atomic E-state index is 12.5. The van der Waals surface area contributed by atoms with E-state index < -0.39 is 0 Å². The number of likely N-dealkylation sites (N-methyl/N-ethyl adjacent to an activating group) is 1. The number of hydrogen-bond acceptors (Lipinski definition) is 4. The molecule has 1 aromatic heterocycles. The normalized spacial score (nSPS) is 25.1. The topological polar surface area (TPSA) is 61.4 Å². The van der Waals surface area contributed by atoms with Gasteiger partial charge in [0.25, 0.3) is 0 Å². The highest BCUT2D eigenvalue weighted by atomic mass is 16.2. The van der Waals surface area contributed by atoms with E-state index in [-0.39, 0.29) is 6.03 Å². The molecule has 1 N–H and O–H groups in total. The van der Waals surface area contributed by atoms with Gasteiger partial charge in [0.05, 0.1) is 6.54 Å². The highest BCUT2D eigenvalue weighted by molar-refractivity contribution is 5.74. The molecule has 6 nitrogen and oxygen atoms in total.